The number of esters is 1. The number of pyridine rings is 1. The van der Waals surface area contributed by atoms with E-state index in [0.29, 0.717) is 25.1 Å². The van der Waals surface area contributed by atoms with Crippen molar-refractivity contribution >= 4 is 23.5 Å². The van der Waals surface area contributed by atoms with E-state index in [0.717, 1.165) is 55.8 Å². The zero-order valence-corrected chi connectivity index (χ0v) is 20.9. The lowest BCUT2D eigenvalue weighted by atomic mass is 9.92. The van der Waals surface area contributed by atoms with E-state index in [2.05, 4.69) is 34.1 Å². The van der Waals surface area contributed by atoms with Crippen molar-refractivity contribution in [3.63, 3.8) is 0 Å². The van der Waals surface area contributed by atoms with Gasteiger partial charge in [-0.15, -0.1) is 0 Å². The fourth-order valence-corrected chi connectivity index (χ4v) is 6.10. The molecule has 1 aromatic heterocycles. The Hall–Kier alpha value is -3.42. The first-order chi connectivity index (χ1) is 17.3. The second-order valence-electron chi connectivity index (χ2n) is 10.9. The van der Waals surface area contributed by atoms with E-state index in [-0.39, 0.29) is 23.7 Å². The molecule has 188 valence electrons. The second-order valence-corrected chi connectivity index (χ2v) is 10.9. The number of anilines is 1. The fourth-order valence-electron chi connectivity index (χ4n) is 6.10. The Kier molecular flexibility index (Phi) is 5.32. The predicted octanol–water partition coefficient (Wildman–Crippen LogP) is 2.72. The van der Waals surface area contributed by atoms with Gasteiger partial charge >= 0.3 is 5.97 Å². The molecule has 1 aromatic carbocycles. The molecule has 1 spiro atoms. The Morgan fingerprint density at radius 3 is 2.33 bits per heavy atom. The highest BCUT2D eigenvalue weighted by Crippen LogP contribution is 2.52. The number of nitrogens with zero attached hydrogens (tertiary/aromatic N) is 4. The zero-order valence-electron chi connectivity index (χ0n) is 20.9. The van der Waals surface area contributed by atoms with E-state index in [9.17, 15) is 14.4 Å². The molecule has 36 heavy (non-hydrogen) atoms. The molecule has 3 aliphatic heterocycles. The Balaban J connectivity index is 1.13. The largest absolute Gasteiger partial charge is 0.449 e. The summed E-state index contributed by atoms with van der Waals surface area (Å²) < 4.78 is 5.81. The number of hydrogen-bond acceptors (Lipinski definition) is 6. The molecule has 1 atom stereocenters. The van der Waals surface area contributed by atoms with Gasteiger partial charge in [-0.1, -0.05) is 26.0 Å². The highest BCUT2D eigenvalue weighted by molar-refractivity contribution is 5.95. The zero-order chi connectivity index (χ0) is 25.1. The van der Waals surface area contributed by atoms with Crippen LogP contribution in [-0.2, 0) is 25.3 Å². The van der Waals surface area contributed by atoms with Crippen molar-refractivity contribution in [1.82, 2.24) is 14.8 Å². The van der Waals surface area contributed by atoms with Gasteiger partial charge in [-0.25, -0.2) is 4.79 Å². The van der Waals surface area contributed by atoms with Gasteiger partial charge < -0.3 is 19.4 Å². The maximum atomic E-state index is 13.7. The van der Waals surface area contributed by atoms with Crippen molar-refractivity contribution in [3.05, 3.63) is 59.4 Å². The van der Waals surface area contributed by atoms with Gasteiger partial charge in [-0.05, 0) is 36.6 Å². The molecule has 0 bridgehead atoms. The van der Waals surface area contributed by atoms with Crippen molar-refractivity contribution in [2.75, 3.05) is 44.2 Å². The summed E-state index contributed by atoms with van der Waals surface area (Å²) in [6.07, 6.45) is 5.53. The Morgan fingerprint density at radius 1 is 0.944 bits per heavy atom. The molecule has 0 radical (unpaired) electrons. The lowest BCUT2D eigenvalue weighted by Gasteiger charge is -2.37. The lowest BCUT2D eigenvalue weighted by Crippen LogP contribution is -2.49. The second kappa shape index (κ2) is 8.32. The molecule has 1 aliphatic carbocycles. The SMILES string of the molecule is CC(C)C(=O)N1CCN(c2ccc(C3(C(=O)N4CCC5(C4)OC(=O)c4cnccc45)CC3)cc2)CC1. The normalized spacial score (nSPS) is 24.3. The van der Waals surface area contributed by atoms with Gasteiger partial charge in [0.05, 0.1) is 17.5 Å². The van der Waals surface area contributed by atoms with Crippen molar-refractivity contribution < 1.29 is 19.1 Å². The topological polar surface area (TPSA) is 83.0 Å². The third kappa shape index (κ3) is 3.57. The number of aromatic nitrogens is 1. The maximum absolute atomic E-state index is 13.7. The van der Waals surface area contributed by atoms with Crippen LogP contribution in [0.5, 0.6) is 0 Å². The molecule has 3 fully saturated rings. The van der Waals surface area contributed by atoms with Crippen molar-refractivity contribution in [2.45, 2.75) is 44.1 Å². The molecule has 4 heterocycles. The summed E-state index contributed by atoms with van der Waals surface area (Å²) >= 11 is 0. The van der Waals surface area contributed by atoms with Crippen LogP contribution in [0.2, 0.25) is 0 Å². The summed E-state index contributed by atoms with van der Waals surface area (Å²) in [5.41, 5.74) is 2.32. The average Bonchev–Trinajstić information content (AvgIpc) is 3.54. The third-order valence-corrected chi connectivity index (χ3v) is 8.37. The molecular formula is C28H32N4O4. The molecule has 6 rings (SSSR count). The molecule has 2 saturated heterocycles. The van der Waals surface area contributed by atoms with Gasteiger partial charge in [0.25, 0.3) is 0 Å². The number of carbonyl (C=O) groups is 3. The van der Waals surface area contributed by atoms with Crippen LogP contribution >= 0.6 is 0 Å². The minimum atomic E-state index is -0.746. The summed E-state index contributed by atoms with van der Waals surface area (Å²) in [6.45, 7) is 7.97. The number of fused-ring (bicyclic) bond motifs is 2. The van der Waals surface area contributed by atoms with Crippen LogP contribution < -0.4 is 4.90 Å². The first-order valence-electron chi connectivity index (χ1n) is 12.9. The predicted molar refractivity (Wildman–Crippen MR) is 134 cm³/mol. The summed E-state index contributed by atoms with van der Waals surface area (Å²) in [4.78, 5) is 48.6. The molecule has 1 unspecified atom stereocenters. The van der Waals surface area contributed by atoms with Gasteiger partial charge in [-0.2, -0.15) is 0 Å². The molecule has 1 saturated carbocycles. The van der Waals surface area contributed by atoms with Gasteiger partial charge in [0.2, 0.25) is 11.8 Å². The quantitative estimate of drug-likeness (QED) is 0.616. The summed E-state index contributed by atoms with van der Waals surface area (Å²) in [6, 6.07) is 10.2. The van der Waals surface area contributed by atoms with Crippen molar-refractivity contribution in [1.29, 1.82) is 0 Å². The van der Waals surface area contributed by atoms with Gasteiger partial charge in [0.1, 0.15) is 0 Å². The molecular weight excluding hydrogens is 456 g/mol. The molecule has 2 amide bonds. The molecule has 4 aliphatic rings. The Morgan fingerprint density at radius 2 is 1.67 bits per heavy atom. The van der Waals surface area contributed by atoms with Crippen LogP contribution in [0, 0.1) is 5.92 Å². The fraction of sp³-hybridized carbons (Fsp3) is 0.500. The number of rotatable bonds is 4. The standard InChI is InChI=1S/C28H32N4O4/c1-19(2)24(33)31-15-13-30(14-16-31)21-5-3-20(4-6-21)27(8-9-27)26(35)32-12-10-28(18-32)23-7-11-29-17-22(23)25(34)36-28/h3-7,11,17,19H,8-10,12-16,18H2,1-2H3. The van der Waals surface area contributed by atoms with E-state index < -0.39 is 11.0 Å². The Labute approximate surface area is 211 Å². The Bertz CT molecular complexity index is 1210. The van der Waals surface area contributed by atoms with Crippen LogP contribution in [0.4, 0.5) is 5.69 Å². The van der Waals surface area contributed by atoms with Crippen LogP contribution in [0.25, 0.3) is 0 Å². The number of carbonyl (C=O) groups excluding carboxylic acids is 3. The van der Waals surface area contributed by atoms with Crippen molar-refractivity contribution in [3.8, 4) is 0 Å². The van der Waals surface area contributed by atoms with E-state index in [1.807, 2.05) is 29.7 Å². The van der Waals surface area contributed by atoms with Gasteiger partial charge in [0.15, 0.2) is 5.60 Å². The molecule has 8 heteroatoms. The average molecular weight is 489 g/mol. The van der Waals surface area contributed by atoms with E-state index in [1.165, 1.54) is 0 Å². The molecule has 0 N–H and O–H groups in total. The minimum Gasteiger partial charge on any atom is -0.449 e. The lowest BCUT2D eigenvalue weighted by molar-refractivity contribution is -0.135. The maximum Gasteiger partial charge on any atom is 0.341 e. The molecule has 8 nitrogen and oxygen atoms in total. The van der Waals surface area contributed by atoms with Gasteiger partial charge in [0, 0.05) is 68.7 Å². The number of amides is 2. The van der Waals surface area contributed by atoms with Crippen LogP contribution in [-0.4, -0.2) is 71.8 Å². The number of ether oxygens (including phenoxy) is 1. The van der Waals surface area contributed by atoms with E-state index >= 15 is 0 Å². The number of piperazine rings is 1. The van der Waals surface area contributed by atoms with Crippen LogP contribution in [0.3, 0.4) is 0 Å². The highest BCUT2D eigenvalue weighted by atomic mass is 16.6. The molecule has 2 aromatic rings. The summed E-state index contributed by atoms with van der Waals surface area (Å²) in [5.74, 6) is 0.0292. The first-order valence-corrected chi connectivity index (χ1v) is 12.9. The highest BCUT2D eigenvalue weighted by Gasteiger charge is 2.57. The number of benzene rings is 1. The van der Waals surface area contributed by atoms with E-state index in [4.69, 9.17) is 4.74 Å². The van der Waals surface area contributed by atoms with Gasteiger partial charge in [-0.3, -0.25) is 14.6 Å². The van der Waals surface area contributed by atoms with Crippen molar-refractivity contribution in [2.24, 2.45) is 5.92 Å². The summed E-state index contributed by atoms with van der Waals surface area (Å²) in [5, 5.41) is 0. The van der Waals surface area contributed by atoms with Crippen LogP contribution in [0.15, 0.2) is 42.7 Å². The number of hydrogen-bond donors (Lipinski definition) is 0. The smallest absolute Gasteiger partial charge is 0.341 e. The number of likely N-dealkylation sites (tertiary alicyclic amines) is 1. The summed E-state index contributed by atoms with van der Waals surface area (Å²) in [7, 11) is 0. The van der Waals surface area contributed by atoms with E-state index in [1.54, 1.807) is 12.4 Å². The third-order valence-electron chi connectivity index (χ3n) is 8.37. The van der Waals surface area contributed by atoms with Crippen LogP contribution in [0.1, 0.15) is 54.6 Å². The minimum absolute atomic E-state index is 0.0288. The monoisotopic (exact) mass is 488 g/mol. The first kappa shape index (κ1) is 23.0.